The molecule has 0 bridgehead atoms. The topological polar surface area (TPSA) is 42.2 Å². The van der Waals surface area contributed by atoms with Crippen molar-refractivity contribution in [1.29, 1.82) is 0 Å². The van der Waals surface area contributed by atoms with E-state index in [4.69, 9.17) is 10.7 Å². The Labute approximate surface area is 122 Å². The lowest BCUT2D eigenvalue weighted by molar-refractivity contribution is 0.623. The van der Waals surface area contributed by atoms with E-state index in [0.29, 0.717) is 18.5 Å². The number of thiazole rings is 1. The van der Waals surface area contributed by atoms with Gasteiger partial charge in [-0.05, 0) is 26.2 Å². The van der Waals surface area contributed by atoms with Crippen LogP contribution >= 0.6 is 11.3 Å². The molecule has 4 heteroatoms. The Morgan fingerprint density at radius 3 is 2.32 bits per heavy atom. The van der Waals surface area contributed by atoms with Crippen molar-refractivity contribution in [2.75, 3.05) is 11.4 Å². The van der Waals surface area contributed by atoms with E-state index in [9.17, 15) is 0 Å². The SMILES string of the molecule is CCCCCN(c1nc(C(C)C)c(CN)s1)C(C)C. The van der Waals surface area contributed by atoms with Crippen LogP contribution in [-0.2, 0) is 6.54 Å². The number of nitrogens with two attached hydrogens (primary N) is 1. The summed E-state index contributed by atoms with van der Waals surface area (Å²) in [5.74, 6) is 0.452. The van der Waals surface area contributed by atoms with Gasteiger partial charge >= 0.3 is 0 Å². The molecule has 0 aliphatic heterocycles. The highest BCUT2D eigenvalue weighted by Gasteiger charge is 2.19. The predicted octanol–water partition coefficient (Wildman–Crippen LogP) is 4.13. The fourth-order valence-electron chi connectivity index (χ4n) is 2.18. The molecule has 0 aromatic carbocycles. The molecule has 0 atom stereocenters. The van der Waals surface area contributed by atoms with Gasteiger partial charge < -0.3 is 10.6 Å². The van der Waals surface area contributed by atoms with E-state index in [-0.39, 0.29) is 0 Å². The molecule has 0 radical (unpaired) electrons. The minimum Gasteiger partial charge on any atom is -0.346 e. The van der Waals surface area contributed by atoms with Gasteiger partial charge in [-0.2, -0.15) is 0 Å². The third-order valence-electron chi connectivity index (χ3n) is 3.32. The van der Waals surface area contributed by atoms with Crippen LogP contribution in [0.2, 0.25) is 0 Å². The second-order valence-electron chi connectivity index (χ2n) is 5.66. The quantitative estimate of drug-likeness (QED) is 0.729. The molecule has 0 saturated heterocycles. The van der Waals surface area contributed by atoms with Crippen molar-refractivity contribution >= 4 is 16.5 Å². The second-order valence-corrected chi connectivity index (χ2v) is 6.72. The van der Waals surface area contributed by atoms with Crippen LogP contribution in [0.25, 0.3) is 0 Å². The summed E-state index contributed by atoms with van der Waals surface area (Å²) in [6.07, 6.45) is 3.79. The van der Waals surface area contributed by atoms with Crippen molar-refractivity contribution in [1.82, 2.24) is 4.98 Å². The first-order valence-corrected chi connectivity index (χ1v) is 8.29. The Balaban J connectivity index is 2.89. The molecule has 1 heterocycles. The highest BCUT2D eigenvalue weighted by molar-refractivity contribution is 7.15. The van der Waals surface area contributed by atoms with Gasteiger partial charge in [0.1, 0.15) is 0 Å². The van der Waals surface area contributed by atoms with Crippen molar-refractivity contribution in [2.45, 2.75) is 72.4 Å². The smallest absolute Gasteiger partial charge is 0.186 e. The van der Waals surface area contributed by atoms with Gasteiger partial charge in [0, 0.05) is 24.0 Å². The zero-order chi connectivity index (χ0) is 14.4. The van der Waals surface area contributed by atoms with Gasteiger partial charge in [-0.3, -0.25) is 0 Å². The van der Waals surface area contributed by atoms with E-state index in [1.807, 2.05) is 0 Å². The number of unbranched alkanes of at least 4 members (excludes halogenated alkanes) is 2. The minimum absolute atomic E-state index is 0.452. The van der Waals surface area contributed by atoms with Crippen molar-refractivity contribution in [3.63, 3.8) is 0 Å². The molecule has 110 valence electrons. The molecule has 0 amide bonds. The largest absolute Gasteiger partial charge is 0.346 e. The fourth-order valence-corrected chi connectivity index (χ4v) is 3.43. The second kappa shape index (κ2) is 7.85. The summed E-state index contributed by atoms with van der Waals surface area (Å²) in [4.78, 5) is 8.51. The van der Waals surface area contributed by atoms with Crippen molar-refractivity contribution < 1.29 is 0 Å². The van der Waals surface area contributed by atoms with Gasteiger partial charge in [-0.1, -0.05) is 33.6 Å². The van der Waals surface area contributed by atoms with E-state index < -0.39 is 0 Å². The summed E-state index contributed by atoms with van der Waals surface area (Å²) in [6.45, 7) is 12.8. The number of aromatic nitrogens is 1. The van der Waals surface area contributed by atoms with Gasteiger partial charge in [0.15, 0.2) is 5.13 Å². The summed E-state index contributed by atoms with van der Waals surface area (Å²) < 4.78 is 0. The van der Waals surface area contributed by atoms with Gasteiger partial charge in [0.05, 0.1) is 5.69 Å². The number of hydrogen-bond donors (Lipinski definition) is 1. The molecule has 0 aliphatic rings. The Morgan fingerprint density at radius 2 is 1.89 bits per heavy atom. The Hall–Kier alpha value is -0.610. The highest BCUT2D eigenvalue weighted by Crippen LogP contribution is 2.31. The fraction of sp³-hybridized carbons (Fsp3) is 0.800. The van der Waals surface area contributed by atoms with Crippen LogP contribution in [0.15, 0.2) is 0 Å². The van der Waals surface area contributed by atoms with Crippen LogP contribution in [0.1, 0.15) is 70.4 Å². The van der Waals surface area contributed by atoms with Crippen LogP contribution in [0.5, 0.6) is 0 Å². The lowest BCUT2D eigenvalue weighted by Crippen LogP contribution is -2.31. The molecule has 3 nitrogen and oxygen atoms in total. The summed E-state index contributed by atoms with van der Waals surface area (Å²) >= 11 is 1.77. The predicted molar refractivity (Wildman–Crippen MR) is 86.1 cm³/mol. The molecule has 2 N–H and O–H groups in total. The zero-order valence-corrected chi connectivity index (χ0v) is 13.9. The number of rotatable bonds is 8. The van der Waals surface area contributed by atoms with E-state index in [2.05, 4.69) is 39.5 Å². The molecular weight excluding hydrogens is 254 g/mol. The first-order chi connectivity index (χ1) is 9.01. The average molecular weight is 283 g/mol. The van der Waals surface area contributed by atoms with E-state index in [0.717, 1.165) is 11.7 Å². The van der Waals surface area contributed by atoms with Crippen LogP contribution in [0.4, 0.5) is 5.13 Å². The molecule has 0 fully saturated rings. The molecular formula is C15H29N3S. The molecule has 1 aromatic rings. The van der Waals surface area contributed by atoms with E-state index in [1.165, 1.54) is 29.8 Å². The zero-order valence-electron chi connectivity index (χ0n) is 13.1. The van der Waals surface area contributed by atoms with Crippen LogP contribution in [0, 0.1) is 0 Å². The molecule has 1 aromatic heterocycles. The highest BCUT2D eigenvalue weighted by atomic mass is 32.1. The third kappa shape index (κ3) is 4.46. The van der Waals surface area contributed by atoms with Crippen molar-refractivity contribution in [3.8, 4) is 0 Å². The molecule has 19 heavy (non-hydrogen) atoms. The van der Waals surface area contributed by atoms with Gasteiger partial charge in [0.2, 0.25) is 0 Å². The Bertz CT molecular complexity index is 371. The molecule has 0 unspecified atom stereocenters. The van der Waals surface area contributed by atoms with Crippen LogP contribution in [0.3, 0.4) is 0 Å². The monoisotopic (exact) mass is 283 g/mol. The maximum absolute atomic E-state index is 5.85. The van der Waals surface area contributed by atoms with Crippen molar-refractivity contribution in [2.24, 2.45) is 5.73 Å². The van der Waals surface area contributed by atoms with Crippen LogP contribution in [-0.4, -0.2) is 17.6 Å². The summed E-state index contributed by atoms with van der Waals surface area (Å²) in [7, 11) is 0. The molecule has 0 aliphatic carbocycles. The summed E-state index contributed by atoms with van der Waals surface area (Å²) in [5, 5.41) is 1.15. The average Bonchev–Trinajstić information content (AvgIpc) is 2.78. The minimum atomic E-state index is 0.452. The first kappa shape index (κ1) is 16.4. The lowest BCUT2D eigenvalue weighted by Gasteiger charge is -2.26. The third-order valence-corrected chi connectivity index (χ3v) is 4.45. The maximum atomic E-state index is 5.85. The summed E-state index contributed by atoms with van der Waals surface area (Å²) in [6, 6.07) is 0.494. The Kier molecular flexibility index (Phi) is 6.80. The standard InChI is InChI=1S/C15H29N3S/c1-6-7-8-9-18(12(4)5)15-17-14(11(2)3)13(10-16)19-15/h11-12H,6-10,16H2,1-5H3. The van der Waals surface area contributed by atoms with E-state index >= 15 is 0 Å². The first-order valence-electron chi connectivity index (χ1n) is 7.47. The number of hydrogen-bond acceptors (Lipinski definition) is 4. The Morgan fingerprint density at radius 1 is 1.21 bits per heavy atom. The molecule has 0 saturated carbocycles. The number of nitrogens with zero attached hydrogens (tertiary/aromatic N) is 2. The number of anilines is 1. The lowest BCUT2D eigenvalue weighted by atomic mass is 10.1. The van der Waals surface area contributed by atoms with Crippen molar-refractivity contribution in [3.05, 3.63) is 10.6 Å². The van der Waals surface area contributed by atoms with Crippen LogP contribution < -0.4 is 10.6 Å². The summed E-state index contributed by atoms with van der Waals surface area (Å²) in [5.41, 5.74) is 7.04. The van der Waals surface area contributed by atoms with Gasteiger partial charge in [0.25, 0.3) is 0 Å². The molecule has 0 spiro atoms. The van der Waals surface area contributed by atoms with Gasteiger partial charge in [-0.25, -0.2) is 4.98 Å². The van der Waals surface area contributed by atoms with E-state index in [1.54, 1.807) is 11.3 Å². The normalized spacial score (nSPS) is 11.6. The van der Waals surface area contributed by atoms with Gasteiger partial charge in [-0.15, -0.1) is 11.3 Å². The maximum Gasteiger partial charge on any atom is 0.186 e. The molecule has 1 rings (SSSR count).